The van der Waals surface area contributed by atoms with Gasteiger partial charge < -0.3 is 10.7 Å². The molecule has 1 amide bonds. The summed E-state index contributed by atoms with van der Waals surface area (Å²) in [6.45, 7) is 3.54. The lowest BCUT2D eigenvalue weighted by molar-refractivity contribution is -0.119. The van der Waals surface area contributed by atoms with Crippen LogP contribution in [-0.4, -0.2) is 14.3 Å². The Labute approximate surface area is 181 Å². The maximum absolute atomic E-state index is 13.6. The zero-order chi connectivity index (χ0) is 22.6. The van der Waals surface area contributed by atoms with E-state index < -0.39 is 21.7 Å². The number of anilines is 1. The van der Waals surface area contributed by atoms with Crippen molar-refractivity contribution < 1.29 is 17.6 Å². The molecule has 0 aliphatic rings. The van der Waals surface area contributed by atoms with Gasteiger partial charge >= 0.3 is 0 Å². The molecule has 31 heavy (non-hydrogen) atoms. The maximum atomic E-state index is 13.6. The van der Waals surface area contributed by atoms with Crippen molar-refractivity contribution in [2.24, 2.45) is 0 Å². The minimum atomic E-state index is -3.95. The quantitative estimate of drug-likeness (QED) is 0.562. The number of benzene rings is 3. The largest absolute Gasteiger partial charge is 0.759 e. The molecule has 6 nitrogen and oxygen atoms in total. The lowest BCUT2D eigenvalue weighted by atomic mass is 10.1. The zero-order valence-electron chi connectivity index (χ0n) is 17.1. The number of hydrogen-bond acceptors (Lipinski definition) is 4. The number of carbonyl (C=O) groups excluding carboxylic acids is 1. The van der Waals surface area contributed by atoms with Gasteiger partial charge in [0.15, 0.2) is 0 Å². The fraction of sp³-hybridized carbons (Fsp3) is 0.174. The van der Waals surface area contributed by atoms with Crippen molar-refractivity contribution in [3.8, 4) is 0 Å². The molecule has 0 saturated heterocycles. The Balaban J connectivity index is 2.05. The van der Waals surface area contributed by atoms with E-state index in [1.165, 1.54) is 34.1 Å². The molecular weight excluding hydrogens is 419 g/mol. The van der Waals surface area contributed by atoms with Crippen molar-refractivity contribution in [2.45, 2.75) is 31.7 Å². The summed E-state index contributed by atoms with van der Waals surface area (Å²) >= 11 is 0. The van der Waals surface area contributed by atoms with Gasteiger partial charge in [0.1, 0.15) is 5.82 Å². The first-order valence-corrected chi connectivity index (χ1v) is 11.0. The Morgan fingerprint density at radius 3 is 2.19 bits per heavy atom. The van der Waals surface area contributed by atoms with Gasteiger partial charge in [0.05, 0.1) is 23.5 Å². The lowest BCUT2D eigenvalue weighted by Gasteiger charge is -2.26. The summed E-state index contributed by atoms with van der Waals surface area (Å²) in [5.41, 5.74) is 4.31. The zero-order valence-corrected chi connectivity index (χ0v) is 17.9. The fourth-order valence-electron chi connectivity index (χ4n) is 3.18. The number of aryl methyl sites for hydroxylation is 2. The normalized spacial score (nSPS) is 11.2. The van der Waals surface area contributed by atoms with Gasteiger partial charge in [0.2, 0.25) is 5.91 Å². The highest BCUT2D eigenvalue weighted by Crippen LogP contribution is 2.29. The van der Waals surface area contributed by atoms with E-state index in [0.29, 0.717) is 22.4 Å². The van der Waals surface area contributed by atoms with Crippen LogP contribution in [-0.2, 0) is 27.8 Å². The molecule has 8 heteroatoms. The highest BCUT2D eigenvalue weighted by atomic mass is 32.2. The Hall–Kier alpha value is -3.23. The molecule has 0 radical (unpaired) electrons. The SMILES string of the molecule is Cc1ccc(C)c(S(=O)(=O)N(Cc2ccc(F)cc2)c2ccc(CC(=O)N[O-])cc2)c1. The van der Waals surface area contributed by atoms with Crippen molar-refractivity contribution in [1.29, 1.82) is 0 Å². The van der Waals surface area contributed by atoms with Crippen LogP contribution in [0.2, 0.25) is 0 Å². The summed E-state index contributed by atoms with van der Waals surface area (Å²) in [5, 5.41) is 10.5. The highest BCUT2D eigenvalue weighted by Gasteiger charge is 2.27. The molecule has 0 spiro atoms. The fourth-order valence-corrected chi connectivity index (χ4v) is 4.94. The Morgan fingerprint density at radius 2 is 1.58 bits per heavy atom. The van der Waals surface area contributed by atoms with Crippen molar-refractivity contribution in [2.75, 3.05) is 4.31 Å². The predicted molar refractivity (Wildman–Crippen MR) is 117 cm³/mol. The van der Waals surface area contributed by atoms with Crippen LogP contribution in [0.15, 0.2) is 71.6 Å². The van der Waals surface area contributed by atoms with Gasteiger partial charge in [-0.1, -0.05) is 36.4 Å². The van der Waals surface area contributed by atoms with Crippen molar-refractivity contribution in [3.05, 3.63) is 100 Å². The minimum Gasteiger partial charge on any atom is -0.759 e. The second kappa shape index (κ2) is 9.28. The van der Waals surface area contributed by atoms with Crippen LogP contribution < -0.4 is 9.79 Å². The summed E-state index contributed by atoms with van der Waals surface area (Å²) in [5.74, 6) is -1.09. The molecule has 0 aliphatic carbocycles. The lowest BCUT2D eigenvalue weighted by Crippen LogP contribution is -2.31. The first-order chi connectivity index (χ1) is 14.7. The second-order valence-corrected chi connectivity index (χ2v) is 9.11. The standard InChI is InChI=1S/C23H22FN2O4S/c1-16-3-4-17(2)22(13-16)31(29,30)26(15-19-5-9-20(24)10-6-19)21-11-7-18(8-12-21)14-23(27)25-28/h3-13H,14-15H2,1-2H3,(H-,25,27,28)/q-1. The summed E-state index contributed by atoms with van der Waals surface area (Å²) in [6.07, 6.45) is -0.106. The van der Waals surface area contributed by atoms with E-state index in [1.54, 1.807) is 43.3 Å². The number of nitrogens with zero attached hydrogens (tertiary/aromatic N) is 1. The molecule has 162 valence electrons. The van der Waals surface area contributed by atoms with E-state index in [2.05, 4.69) is 0 Å². The minimum absolute atomic E-state index is 0.00358. The Morgan fingerprint density at radius 1 is 0.968 bits per heavy atom. The summed E-state index contributed by atoms with van der Waals surface area (Å²) in [7, 11) is -3.95. The third kappa shape index (κ3) is 5.28. The Kier molecular flexibility index (Phi) is 6.72. The third-order valence-electron chi connectivity index (χ3n) is 4.85. The molecule has 1 N–H and O–H groups in total. The van der Waals surface area contributed by atoms with Crippen LogP contribution >= 0.6 is 0 Å². The summed E-state index contributed by atoms with van der Waals surface area (Å²) in [4.78, 5) is 11.5. The van der Waals surface area contributed by atoms with E-state index in [1.807, 2.05) is 13.0 Å². The second-order valence-electron chi connectivity index (χ2n) is 7.28. The maximum Gasteiger partial charge on any atom is 0.264 e. The number of carbonyl (C=O) groups is 1. The van der Waals surface area contributed by atoms with Crippen molar-refractivity contribution >= 4 is 21.6 Å². The van der Waals surface area contributed by atoms with Crippen molar-refractivity contribution in [1.82, 2.24) is 5.48 Å². The summed E-state index contributed by atoms with van der Waals surface area (Å²) < 4.78 is 41.8. The van der Waals surface area contributed by atoms with Crippen LogP contribution in [0.5, 0.6) is 0 Å². The Bertz CT molecular complexity index is 1180. The van der Waals surface area contributed by atoms with E-state index in [-0.39, 0.29) is 17.9 Å². The molecule has 0 atom stereocenters. The van der Waals surface area contributed by atoms with Gasteiger partial charge in [-0.05, 0) is 66.4 Å². The van der Waals surface area contributed by atoms with E-state index in [0.717, 1.165) is 5.56 Å². The number of amides is 1. The molecule has 0 unspecified atom stereocenters. The van der Waals surface area contributed by atoms with E-state index >= 15 is 0 Å². The van der Waals surface area contributed by atoms with Crippen LogP contribution in [0.4, 0.5) is 10.1 Å². The average molecular weight is 442 g/mol. The molecule has 0 heterocycles. The van der Waals surface area contributed by atoms with Crippen LogP contribution in [0.1, 0.15) is 22.3 Å². The molecule has 0 fully saturated rings. The van der Waals surface area contributed by atoms with Gasteiger partial charge in [-0.15, -0.1) is 0 Å². The molecule has 0 saturated carbocycles. The van der Waals surface area contributed by atoms with E-state index in [4.69, 9.17) is 0 Å². The van der Waals surface area contributed by atoms with Crippen LogP contribution in [0.3, 0.4) is 0 Å². The molecule has 0 aliphatic heterocycles. The topological polar surface area (TPSA) is 89.5 Å². The average Bonchev–Trinajstić information content (AvgIpc) is 2.75. The molecule has 0 bridgehead atoms. The molecular formula is C23H22FN2O4S-. The molecule has 3 aromatic carbocycles. The first kappa shape index (κ1) is 22.5. The van der Waals surface area contributed by atoms with Gasteiger partial charge in [-0.2, -0.15) is 0 Å². The number of hydrogen-bond donors (Lipinski definition) is 1. The number of nitrogens with one attached hydrogen (secondary N) is 1. The number of halogens is 1. The highest BCUT2D eigenvalue weighted by molar-refractivity contribution is 7.92. The number of hydroxylamine groups is 1. The van der Waals surface area contributed by atoms with Gasteiger partial charge in [0, 0.05) is 0 Å². The smallest absolute Gasteiger partial charge is 0.264 e. The molecule has 3 aromatic rings. The predicted octanol–water partition coefficient (Wildman–Crippen LogP) is 3.99. The van der Waals surface area contributed by atoms with Crippen molar-refractivity contribution in [3.63, 3.8) is 0 Å². The monoisotopic (exact) mass is 441 g/mol. The van der Waals surface area contributed by atoms with Crippen LogP contribution in [0, 0.1) is 24.9 Å². The van der Waals surface area contributed by atoms with Gasteiger partial charge in [-0.25, -0.2) is 12.8 Å². The van der Waals surface area contributed by atoms with E-state index in [9.17, 15) is 22.8 Å². The molecule has 3 rings (SSSR count). The summed E-state index contributed by atoms with van der Waals surface area (Å²) in [6, 6.07) is 17.2. The molecule has 0 aromatic heterocycles. The van der Waals surface area contributed by atoms with Gasteiger partial charge in [0.25, 0.3) is 10.0 Å². The first-order valence-electron chi connectivity index (χ1n) is 9.55. The number of sulfonamides is 1. The van der Waals surface area contributed by atoms with Crippen LogP contribution in [0.25, 0.3) is 0 Å². The number of rotatable bonds is 7. The van der Waals surface area contributed by atoms with Gasteiger partial charge in [-0.3, -0.25) is 9.10 Å². The third-order valence-corrected chi connectivity index (χ3v) is 6.77.